The molecule has 2 nitrogen and oxygen atoms in total. The first-order valence-corrected chi connectivity index (χ1v) is 4.41. The average molecular weight is 589 g/mol. The standard InChI is InChI=1S/2C5H11.2CH3.2Ir.2H2N/c2*1-3-5-4-2;;;;;;/h2*1,3-5H2,2H3;2*1H3;;;2*1H2/q4*-1;;;2*-1. The molecule has 0 aliphatic heterocycles. The third kappa shape index (κ3) is 113. The summed E-state index contributed by atoms with van der Waals surface area (Å²) in [5, 5.41) is 0. The number of unbranched alkanes of at least 4 members (excludes halogenated alkanes) is 4. The number of hydrogen-bond donors (Lipinski definition) is 0. The van der Waals surface area contributed by atoms with E-state index in [1.165, 1.54) is 25.7 Å². The molecule has 2 radical (unpaired) electrons. The predicted octanol–water partition coefficient (Wildman–Crippen LogP) is 6.35. The van der Waals surface area contributed by atoms with E-state index in [0.29, 0.717) is 0 Å². The minimum Gasteiger partial charge on any atom is -0.693 e. The Balaban J connectivity index is -0.00000000970. The van der Waals surface area contributed by atoms with E-state index in [1.807, 2.05) is 0 Å². The van der Waals surface area contributed by atoms with Gasteiger partial charge in [0.2, 0.25) is 0 Å². The van der Waals surface area contributed by atoms with Crippen LogP contribution in [0.1, 0.15) is 52.4 Å². The molecule has 0 aromatic heterocycles. The first kappa shape index (κ1) is 53.3. The molecule has 0 heterocycles. The van der Waals surface area contributed by atoms with Crippen LogP contribution in [0, 0.1) is 28.7 Å². The van der Waals surface area contributed by atoms with E-state index in [-0.39, 0.29) is 67.4 Å². The fourth-order valence-corrected chi connectivity index (χ4v) is 0.500. The van der Waals surface area contributed by atoms with Crippen LogP contribution in [0.4, 0.5) is 0 Å². The van der Waals surface area contributed by atoms with E-state index in [1.54, 1.807) is 0 Å². The summed E-state index contributed by atoms with van der Waals surface area (Å²) in [6.07, 6.45) is 7.31. The molecule has 16 heavy (non-hydrogen) atoms. The van der Waals surface area contributed by atoms with E-state index >= 15 is 0 Å². The molecule has 0 unspecified atom stereocenters. The van der Waals surface area contributed by atoms with Gasteiger partial charge < -0.3 is 41.0 Å². The minimum atomic E-state index is 0. The van der Waals surface area contributed by atoms with E-state index in [4.69, 9.17) is 0 Å². The Kier molecular flexibility index (Phi) is 240. The quantitative estimate of drug-likeness (QED) is 0.344. The number of rotatable bonds is 4. The third-order valence-corrected chi connectivity index (χ3v) is 1.21. The van der Waals surface area contributed by atoms with Gasteiger partial charge in [0.25, 0.3) is 0 Å². The van der Waals surface area contributed by atoms with Crippen molar-refractivity contribution in [2.45, 2.75) is 52.4 Å². The molecule has 0 aliphatic carbocycles. The Morgan fingerprint density at radius 3 is 0.875 bits per heavy atom. The third-order valence-electron chi connectivity index (χ3n) is 1.21. The zero-order chi connectivity index (χ0) is 8.24. The topological polar surface area (TPSA) is 67.0 Å². The van der Waals surface area contributed by atoms with Gasteiger partial charge >= 0.3 is 0 Å². The molecule has 0 atom stereocenters. The Bertz CT molecular complexity index is 38.0. The summed E-state index contributed by atoms with van der Waals surface area (Å²) >= 11 is 0. The van der Waals surface area contributed by atoms with Gasteiger partial charge in [0, 0.05) is 40.2 Å². The van der Waals surface area contributed by atoms with Crippen LogP contribution in [0.2, 0.25) is 0 Å². The molecule has 4 heteroatoms. The van der Waals surface area contributed by atoms with E-state index < -0.39 is 0 Å². The molecular formula is C12H32Ir2N2-6. The SMILES string of the molecule is [CH2-]CCCC.[CH2-]CCCC.[CH3-].[CH3-].[Ir].[Ir].[NH2-].[NH2-]. The van der Waals surface area contributed by atoms with Crippen molar-refractivity contribution in [3.8, 4) is 0 Å². The maximum Gasteiger partial charge on any atom is 0 e. The summed E-state index contributed by atoms with van der Waals surface area (Å²) in [7, 11) is 0. The summed E-state index contributed by atoms with van der Waals surface area (Å²) in [5.41, 5.74) is 0. The summed E-state index contributed by atoms with van der Waals surface area (Å²) in [4.78, 5) is 0. The van der Waals surface area contributed by atoms with Crippen molar-refractivity contribution in [2.24, 2.45) is 0 Å². The molecule has 4 N–H and O–H groups in total. The molecule has 0 aliphatic rings. The molecule has 0 bridgehead atoms. The zero-order valence-corrected chi connectivity index (χ0v) is 16.3. The molecule has 114 valence electrons. The molecule has 0 rings (SSSR count). The molecule has 0 fully saturated rings. The van der Waals surface area contributed by atoms with Crippen LogP contribution in [0.3, 0.4) is 0 Å². The molecule has 0 amide bonds. The van der Waals surface area contributed by atoms with Gasteiger partial charge in [0.15, 0.2) is 0 Å². The van der Waals surface area contributed by atoms with Crippen molar-refractivity contribution in [3.05, 3.63) is 41.0 Å². The van der Waals surface area contributed by atoms with Crippen LogP contribution in [-0.4, -0.2) is 0 Å². The minimum absolute atomic E-state index is 0. The van der Waals surface area contributed by atoms with Gasteiger partial charge in [-0.25, -0.2) is 0 Å². The van der Waals surface area contributed by atoms with Crippen LogP contribution in [0.5, 0.6) is 0 Å². The van der Waals surface area contributed by atoms with Crippen LogP contribution < -0.4 is 0 Å². The van der Waals surface area contributed by atoms with Crippen molar-refractivity contribution in [1.82, 2.24) is 0 Å². The average Bonchev–Trinajstić information content (AvgIpc) is 1.93. The van der Waals surface area contributed by atoms with Gasteiger partial charge in [-0.2, -0.15) is 12.8 Å². The fourth-order valence-electron chi connectivity index (χ4n) is 0.500. The van der Waals surface area contributed by atoms with E-state index in [9.17, 15) is 0 Å². The predicted molar refractivity (Wildman–Crippen MR) is 73.2 cm³/mol. The van der Waals surface area contributed by atoms with Gasteiger partial charge in [0.05, 0.1) is 0 Å². The number of hydrogen-bond acceptors (Lipinski definition) is 0. The monoisotopic (exact) mass is 590 g/mol. The smallest absolute Gasteiger partial charge is 0 e. The van der Waals surface area contributed by atoms with Gasteiger partial charge in [-0.15, -0.1) is 0 Å². The first-order valence-electron chi connectivity index (χ1n) is 4.41. The second-order valence-corrected chi connectivity index (χ2v) is 2.41. The Morgan fingerprint density at radius 1 is 0.688 bits per heavy atom. The van der Waals surface area contributed by atoms with Crippen LogP contribution in [0.15, 0.2) is 0 Å². The second kappa shape index (κ2) is 72.1. The van der Waals surface area contributed by atoms with Crippen molar-refractivity contribution in [2.75, 3.05) is 0 Å². The Morgan fingerprint density at radius 2 is 0.875 bits per heavy atom. The van der Waals surface area contributed by atoms with Gasteiger partial charge in [0.1, 0.15) is 0 Å². The summed E-state index contributed by atoms with van der Waals surface area (Å²) in [6.45, 7) is 11.7. The van der Waals surface area contributed by atoms with Crippen molar-refractivity contribution < 1.29 is 40.2 Å². The van der Waals surface area contributed by atoms with Crippen molar-refractivity contribution >= 4 is 0 Å². The van der Waals surface area contributed by atoms with Crippen LogP contribution in [-0.2, 0) is 40.2 Å². The van der Waals surface area contributed by atoms with Gasteiger partial charge in [-0.1, -0.05) is 39.5 Å². The largest absolute Gasteiger partial charge is 0.693 e. The molecule has 0 aromatic rings. The fraction of sp³-hybridized carbons (Fsp3) is 0.667. The second-order valence-electron chi connectivity index (χ2n) is 2.41. The Labute approximate surface area is 133 Å². The molecule has 0 spiro atoms. The van der Waals surface area contributed by atoms with Crippen LogP contribution in [0.25, 0.3) is 12.3 Å². The molecular weight excluding hydrogens is 557 g/mol. The zero-order valence-electron chi connectivity index (χ0n) is 11.5. The molecule has 0 saturated carbocycles. The summed E-state index contributed by atoms with van der Waals surface area (Å²) in [6, 6.07) is 0. The van der Waals surface area contributed by atoms with Crippen molar-refractivity contribution in [3.63, 3.8) is 0 Å². The normalized spacial score (nSPS) is 5.25. The van der Waals surface area contributed by atoms with Crippen LogP contribution >= 0.6 is 0 Å². The van der Waals surface area contributed by atoms with E-state index in [0.717, 1.165) is 12.8 Å². The maximum atomic E-state index is 3.68. The van der Waals surface area contributed by atoms with Gasteiger partial charge in [-0.05, 0) is 0 Å². The van der Waals surface area contributed by atoms with Crippen molar-refractivity contribution in [1.29, 1.82) is 0 Å². The first-order chi connectivity index (χ1) is 4.83. The Hall–Kier alpha value is 1.22. The molecule has 0 saturated heterocycles. The summed E-state index contributed by atoms with van der Waals surface area (Å²) < 4.78 is 0. The summed E-state index contributed by atoms with van der Waals surface area (Å²) in [5.74, 6) is 0. The maximum absolute atomic E-state index is 3.68. The van der Waals surface area contributed by atoms with Gasteiger partial charge in [-0.3, -0.25) is 0 Å². The van der Waals surface area contributed by atoms with E-state index in [2.05, 4.69) is 27.7 Å². The number of nitrogens with two attached hydrogens (primary N) is 2. The molecule has 0 aromatic carbocycles.